The maximum absolute atomic E-state index is 5.88. The van der Waals surface area contributed by atoms with Gasteiger partial charge in [-0.3, -0.25) is 0 Å². The predicted octanol–water partition coefficient (Wildman–Crippen LogP) is 4.30. The van der Waals surface area contributed by atoms with Crippen molar-refractivity contribution in [2.75, 3.05) is 7.11 Å². The summed E-state index contributed by atoms with van der Waals surface area (Å²) in [5.41, 5.74) is 1.24. The molecule has 0 aromatic rings. The van der Waals surface area contributed by atoms with Crippen LogP contribution in [0.1, 0.15) is 39.5 Å². The molecule has 0 amide bonds. The van der Waals surface area contributed by atoms with Crippen LogP contribution in [0, 0.1) is 0 Å². The largest absolute Gasteiger partial charge is 0.520 e. The first-order valence-electron chi connectivity index (χ1n) is 5.83. The molecule has 0 bridgehead atoms. The van der Waals surface area contributed by atoms with Crippen LogP contribution in [0.4, 0.5) is 0 Å². The number of ether oxygens (including phenoxy) is 1. The smallest absolute Gasteiger partial charge is 0.263 e. The van der Waals surface area contributed by atoms with Gasteiger partial charge in [-0.1, -0.05) is 19.8 Å². The molecule has 0 atom stereocenters. The van der Waals surface area contributed by atoms with Crippen molar-refractivity contribution in [1.29, 1.82) is 0 Å². The lowest BCUT2D eigenvalue weighted by Crippen LogP contribution is -2.25. The van der Waals surface area contributed by atoms with Gasteiger partial charge in [0.25, 0.3) is 5.95 Å². The van der Waals surface area contributed by atoms with Gasteiger partial charge in [0.2, 0.25) is 8.32 Å². The average molecular weight is 230 g/mol. The van der Waals surface area contributed by atoms with E-state index in [1.54, 1.807) is 7.11 Å². The minimum Gasteiger partial charge on any atom is -0.520 e. The van der Waals surface area contributed by atoms with Crippen molar-refractivity contribution in [1.82, 2.24) is 0 Å². The predicted molar refractivity (Wildman–Crippen MR) is 68.3 cm³/mol. The van der Waals surface area contributed by atoms with Gasteiger partial charge in [-0.25, -0.2) is 0 Å². The van der Waals surface area contributed by atoms with E-state index in [-0.39, 0.29) is 0 Å². The van der Waals surface area contributed by atoms with Crippen LogP contribution in [-0.4, -0.2) is 15.4 Å². The van der Waals surface area contributed by atoms with Crippen molar-refractivity contribution in [2.24, 2.45) is 0 Å². The summed E-state index contributed by atoms with van der Waals surface area (Å²) in [5.74, 6) is 0.755. The zero-order chi connectivity index (χ0) is 11.9. The van der Waals surface area contributed by atoms with Crippen LogP contribution in [-0.2, 0) is 9.16 Å². The first-order valence-corrected chi connectivity index (χ1v) is 9.24. The van der Waals surface area contributed by atoms with Gasteiger partial charge in [0.1, 0.15) is 0 Å². The molecule has 0 N–H and O–H groups in total. The summed E-state index contributed by atoms with van der Waals surface area (Å²) < 4.78 is 11.2. The molecular formula is C12H26O2Si. The van der Waals surface area contributed by atoms with Crippen LogP contribution in [0.3, 0.4) is 0 Å². The zero-order valence-electron chi connectivity index (χ0n) is 11.1. The highest BCUT2D eigenvalue weighted by Crippen LogP contribution is 2.18. The number of rotatable bonds is 7. The third kappa shape index (κ3) is 7.48. The summed E-state index contributed by atoms with van der Waals surface area (Å²) in [7, 11) is 0.159. The van der Waals surface area contributed by atoms with E-state index in [1.807, 2.05) is 0 Å². The van der Waals surface area contributed by atoms with Crippen LogP contribution >= 0.6 is 0 Å². The molecular weight excluding hydrogens is 204 g/mol. The molecule has 0 fully saturated rings. The second kappa shape index (κ2) is 6.93. The Morgan fingerprint density at radius 1 is 1.13 bits per heavy atom. The minimum absolute atomic E-state index is 0.755. The number of unbranched alkanes of at least 4 members (excludes halogenated alkanes) is 2. The van der Waals surface area contributed by atoms with Crippen molar-refractivity contribution in [3.8, 4) is 0 Å². The molecule has 3 heteroatoms. The fraction of sp³-hybridized carbons (Fsp3) is 0.833. The normalized spacial score (nSPS) is 13.5. The highest BCUT2D eigenvalue weighted by molar-refractivity contribution is 6.70. The lowest BCUT2D eigenvalue weighted by atomic mass is 10.1. The summed E-state index contributed by atoms with van der Waals surface area (Å²) in [6.07, 6.45) is 4.84. The fourth-order valence-electron chi connectivity index (χ4n) is 1.32. The summed E-state index contributed by atoms with van der Waals surface area (Å²) >= 11 is 0. The molecule has 0 rings (SSSR count). The van der Waals surface area contributed by atoms with Gasteiger partial charge in [-0.2, -0.15) is 0 Å². The molecule has 0 aromatic carbocycles. The van der Waals surface area contributed by atoms with Gasteiger partial charge >= 0.3 is 0 Å². The monoisotopic (exact) mass is 230 g/mol. The van der Waals surface area contributed by atoms with Crippen LogP contribution < -0.4 is 0 Å². The summed E-state index contributed by atoms with van der Waals surface area (Å²) in [6.45, 7) is 10.8. The topological polar surface area (TPSA) is 18.5 Å². The van der Waals surface area contributed by atoms with E-state index in [0.29, 0.717) is 0 Å². The van der Waals surface area contributed by atoms with Gasteiger partial charge in [0.05, 0.1) is 7.11 Å². The van der Waals surface area contributed by atoms with Gasteiger partial charge < -0.3 is 9.16 Å². The quantitative estimate of drug-likeness (QED) is 0.369. The first-order chi connectivity index (χ1) is 6.90. The van der Waals surface area contributed by atoms with Crippen LogP contribution in [0.15, 0.2) is 11.5 Å². The molecule has 0 heterocycles. The summed E-state index contributed by atoms with van der Waals surface area (Å²) in [4.78, 5) is 0. The Morgan fingerprint density at radius 3 is 2.13 bits per heavy atom. The van der Waals surface area contributed by atoms with Crippen LogP contribution in [0.25, 0.3) is 0 Å². The number of hydrogen-bond acceptors (Lipinski definition) is 2. The number of methoxy groups -OCH3 is 1. The molecule has 0 aromatic heterocycles. The Bertz CT molecular complexity index is 204. The fourth-order valence-corrected chi connectivity index (χ4v) is 2.14. The van der Waals surface area contributed by atoms with Gasteiger partial charge in [-0.15, -0.1) is 0 Å². The summed E-state index contributed by atoms with van der Waals surface area (Å²) in [5, 5.41) is 0. The second-order valence-electron chi connectivity index (χ2n) is 4.94. The molecule has 0 unspecified atom stereocenters. The Balaban J connectivity index is 4.26. The Hall–Kier alpha value is -0.443. The number of hydrogen-bond donors (Lipinski definition) is 0. The Morgan fingerprint density at radius 2 is 1.73 bits per heavy atom. The van der Waals surface area contributed by atoms with Gasteiger partial charge in [0, 0.05) is 5.57 Å². The summed E-state index contributed by atoms with van der Waals surface area (Å²) in [6, 6.07) is 0. The van der Waals surface area contributed by atoms with E-state index in [0.717, 1.165) is 12.4 Å². The Kier molecular flexibility index (Phi) is 6.73. The first kappa shape index (κ1) is 14.6. The van der Waals surface area contributed by atoms with Crippen molar-refractivity contribution in [2.45, 2.75) is 59.2 Å². The third-order valence-corrected chi connectivity index (χ3v) is 2.89. The molecule has 90 valence electrons. The highest BCUT2D eigenvalue weighted by Gasteiger charge is 2.19. The molecule has 0 saturated heterocycles. The highest BCUT2D eigenvalue weighted by atomic mass is 28.4. The van der Waals surface area contributed by atoms with Crippen molar-refractivity contribution in [3.05, 3.63) is 11.5 Å². The van der Waals surface area contributed by atoms with E-state index < -0.39 is 8.32 Å². The average Bonchev–Trinajstić information content (AvgIpc) is 2.13. The number of allylic oxidation sites excluding steroid dienone is 1. The van der Waals surface area contributed by atoms with E-state index >= 15 is 0 Å². The SMILES string of the molecule is CCCCC/C(C)=C(/OC)O[Si](C)(C)C. The van der Waals surface area contributed by atoms with Gasteiger partial charge in [-0.05, 0) is 39.4 Å². The molecule has 15 heavy (non-hydrogen) atoms. The van der Waals surface area contributed by atoms with E-state index in [4.69, 9.17) is 9.16 Å². The maximum Gasteiger partial charge on any atom is 0.263 e. The maximum atomic E-state index is 5.88. The molecule has 0 saturated carbocycles. The van der Waals surface area contributed by atoms with Gasteiger partial charge in [0.15, 0.2) is 0 Å². The lowest BCUT2D eigenvalue weighted by Gasteiger charge is -2.22. The molecule has 0 aliphatic carbocycles. The molecule has 0 aliphatic rings. The molecule has 0 spiro atoms. The van der Waals surface area contributed by atoms with Crippen molar-refractivity contribution < 1.29 is 9.16 Å². The van der Waals surface area contributed by atoms with E-state index in [2.05, 4.69) is 33.5 Å². The molecule has 0 radical (unpaired) electrons. The standard InChI is InChI=1S/C12H26O2Si/c1-7-8-9-10-11(2)12(13-3)14-15(4,5)6/h7-10H2,1-6H3/b12-11-. The second-order valence-corrected chi connectivity index (χ2v) is 9.37. The van der Waals surface area contributed by atoms with Crippen LogP contribution in [0.2, 0.25) is 19.6 Å². The van der Waals surface area contributed by atoms with Crippen molar-refractivity contribution >= 4 is 8.32 Å². The molecule has 2 nitrogen and oxygen atoms in total. The molecule has 0 aliphatic heterocycles. The lowest BCUT2D eigenvalue weighted by molar-refractivity contribution is 0.140. The minimum atomic E-state index is -1.53. The van der Waals surface area contributed by atoms with Crippen molar-refractivity contribution in [3.63, 3.8) is 0 Å². The third-order valence-electron chi connectivity index (χ3n) is 2.09. The van der Waals surface area contributed by atoms with Crippen LogP contribution in [0.5, 0.6) is 0 Å². The zero-order valence-corrected chi connectivity index (χ0v) is 12.1. The van der Waals surface area contributed by atoms with E-state index in [1.165, 1.54) is 24.8 Å². The van der Waals surface area contributed by atoms with E-state index in [9.17, 15) is 0 Å². The Labute approximate surface area is 95.8 Å².